The molecule has 0 unspecified atom stereocenters. The highest BCUT2D eigenvalue weighted by molar-refractivity contribution is 6.09. The average Bonchev–Trinajstić information content (AvgIpc) is 3.67. The van der Waals surface area contributed by atoms with Crippen molar-refractivity contribution in [2.75, 3.05) is 4.90 Å². The van der Waals surface area contributed by atoms with Crippen molar-refractivity contribution in [3.63, 3.8) is 0 Å². The molecule has 0 fully saturated rings. The Morgan fingerprint density at radius 1 is 0.267 bits per heavy atom. The van der Waals surface area contributed by atoms with E-state index in [2.05, 4.69) is 252 Å². The van der Waals surface area contributed by atoms with E-state index in [-0.39, 0.29) is 0 Å². The smallest absolute Gasteiger partial charge is 0.0541 e. The lowest BCUT2D eigenvalue weighted by molar-refractivity contribution is 1.18. The molecular formula is C58H40N2. The minimum atomic E-state index is 1.11. The van der Waals surface area contributed by atoms with Crippen molar-refractivity contribution < 1.29 is 0 Å². The van der Waals surface area contributed by atoms with Crippen LogP contribution >= 0.6 is 0 Å². The number of hydrogen-bond donors (Lipinski definition) is 0. The molecule has 2 heteroatoms. The second-order valence-corrected chi connectivity index (χ2v) is 15.3. The van der Waals surface area contributed by atoms with Crippen LogP contribution in [-0.4, -0.2) is 4.57 Å². The predicted molar refractivity (Wildman–Crippen MR) is 255 cm³/mol. The third-order valence-electron chi connectivity index (χ3n) is 11.8. The summed E-state index contributed by atoms with van der Waals surface area (Å²) >= 11 is 0. The number of nitrogens with zero attached hydrogens (tertiary/aromatic N) is 2. The Balaban J connectivity index is 0.870. The Bertz CT molecular complexity index is 3200. The molecule has 2 nitrogen and oxygen atoms in total. The number of rotatable bonds is 8. The first-order valence-corrected chi connectivity index (χ1v) is 20.6. The zero-order valence-corrected chi connectivity index (χ0v) is 33.0. The van der Waals surface area contributed by atoms with Gasteiger partial charge in [-0.3, -0.25) is 0 Å². The standard InChI is InChI=1S/C58H40N2/c1-3-13-45(14-4-1)52-21-11-15-47-16-12-22-53(58(47)52)46-33-39-50(40-34-46)59(48-17-5-2-6-18-48)49-35-29-43(30-36-49)41-25-27-42(28-26-41)44-31-37-51(38-32-44)60-56-23-9-7-19-54(56)55-20-8-10-24-57(55)60/h1-40H. The lowest BCUT2D eigenvalue weighted by atomic mass is 9.91. The Morgan fingerprint density at radius 3 is 1.17 bits per heavy atom. The van der Waals surface area contributed by atoms with E-state index in [1.165, 1.54) is 77.1 Å². The third kappa shape index (κ3) is 6.32. The molecule has 282 valence electrons. The summed E-state index contributed by atoms with van der Waals surface area (Å²) in [6, 6.07) is 87.6. The minimum absolute atomic E-state index is 1.11. The van der Waals surface area contributed by atoms with Crippen LogP contribution in [0, 0.1) is 0 Å². The molecule has 11 aromatic rings. The Hall–Kier alpha value is -7.94. The topological polar surface area (TPSA) is 8.17 Å². The third-order valence-corrected chi connectivity index (χ3v) is 11.8. The summed E-state index contributed by atoms with van der Waals surface area (Å²) in [6.07, 6.45) is 0. The highest BCUT2D eigenvalue weighted by Gasteiger charge is 2.16. The Labute approximate surface area is 350 Å². The van der Waals surface area contributed by atoms with Gasteiger partial charge in [0.05, 0.1) is 11.0 Å². The second-order valence-electron chi connectivity index (χ2n) is 15.3. The molecule has 0 aliphatic rings. The summed E-state index contributed by atoms with van der Waals surface area (Å²) < 4.78 is 2.36. The van der Waals surface area contributed by atoms with E-state index in [4.69, 9.17) is 0 Å². The van der Waals surface area contributed by atoms with Gasteiger partial charge in [-0.05, 0) is 116 Å². The van der Waals surface area contributed by atoms with Crippen LogP contribution in [0.4, 0.5) is 17.1 Å². The number of para-hydroxylation sites is 3. The number of hydrogen-bond acceptors (Lipinski definition) is 1. The molecule has 0 spiro atoms. The fourth-order valence-corrected chi connectivity index (χ4v) is 8.92. The summed E-state index contributed by atoms with van der Waals surface area (Å²) in [5.41, 5.74) is 16.6. The maximum absolute atomic E-state index is 2.36. The van der Waals surface area contributed by atoms with Gasteiger partial charge in [-0.25, -0.2) is 0 Å². The molecular weight excluding hydrogens is 725 g/mol. The predicted octanol–water partition coefficient (Wildman–Crippen LogP) is 16.1. The van der Waals surface area contributed by atoms with Crippen LogP contribution in [0.1, 0.15) is 0 Å². The molecule has 0 N–H and O–H groups in total. The van der Waals surface area contributed by atoms with Crippen molar-refractivity contribution in [1.29, 1.82) is 0 Å². The van der Waals surface area contributed by atoms with Gasteiger partial charge < -0.3 is 9.47 Å². The number of anilines is 3. The molecule has 0 saturated carbocycles. The van der Waals surface area contributed by atoms with Gasteiger partial charge in [0.15, 0.2) is 0 Å². The van der Waals surface area contributed by atoms with Crippen LogP contribution in [0.15, 0.2) is 243 Å². The lowest BCUT2D eigenvalue weighted by Crippen LogP contribution is -2.09. The molecule has 0 saturated heterocycles. The first-order chi connectivity index (χ1) is 29.8. The molecule has 11 rings (SSSR count). The van der Waals surface area contributed by atoms with E-state index in [1.807, 2.05) is 0 Å². The molecule has 0 amide bonds. The lowest BCUT2D eigenvalue weighted by Gasteiger charge is -2.26. The molecule has 0 radical (unpaired) electrons. The molecule has 0 aliphatic carbocycles. The maximum atomic E-state index is 2.36. The van der Waals surface area contributed by atoms with Gasteiger partial charge in [0.2, 0.25) is 0 Å². The van der Waals surface area contributed by atoms with Crippen molar-refractivity contribution in [1.82, 2.24) is 4.57 Å². The van der Waals surface area contributed by atoms with E-state index >= 15 is 0 Å². The minimum Gasteiger partial charge on any atom is -0.311 e. The number of fused-ring (bicyclic) bond motifs is 4. The fraction of sp³-hybridized carbons (Fsp3) is 0. The second kappa shape index (κ2) is 15.1. The van der Waals surface area contributed by atoms with Crippen LogP contribution in [0.25, 0.3) is 82.8 Å². The van der Waals surface area contributed by atoms with Gasteiger partial charge in [-0.15, -0.1) is 0 Å². The SMILES string of the molecule is c1ccc(-c2cccc3cccc(-c4ccc(N(c5ccccc5)c5ccc(-c6ccc(-c7ccc(-n8c9ccccc9c9ccccc98)cc7)cc6)cc5)cc4)c23)cc1. The quantitative estimate of drug-likeness (QED) is 0.150. The van der Waals surface area contributed by atoms with Crippen LogP contribution in [0.3, 0.4) is 0 Å². The zero-order valence-electron chi connectivity index (χ0n) is 33.0. The van der Waals surface area contributed by atoms with Crippen molar-refractivity contribution in [3.05, 3.63) is 243 Å². The summed E-state index contributed by atoms with van der Waals surface area (Å²) in [5, 5.41) is 5.07. The summed E-state index contributed by atoms with van der Waals surface area (Å²) in [4.78, 5) is 2.33. The molecule has 1 heterocycles. The molecule has 0 bridgehead atoms. The van der Waals surface area contributed by atoms with Crippen molar-refractivity contribution >= 4 is 49.6 Å². The van der Waals surface area contributed by atoms with Crippen LogP contribution in [0.5, 0.6) is 0 Å². The van der Waals surface area contributed by atoms with Crippen molar-refractivity contribution in [2.24, 2.45) is 0 Å². The first kappa shape index (κ1) is 35.2. The molecule has 0 atom stereocenters. The Morgan fingerprint density at radius 2 is 0.650 bits per heavy atom. The van der Waals surface area contributed by atoms with E-state index < -0.39 is 0 Å². The summed E-state index contributed by atoms with van der Waals surface area (Å²) in [7, 11) is 0. The number of benzene rings is 10. The van der Waals surface area contributed by atoms with Crippen molar-refractivity contribution in [3.8, 4) is 50.2 Å². The van der Waals surface area contributed by atoms with Gasteiger partial charge in [-0.2, -0.15) is 0 Å². The van der Waals surface area contributed by atoms with Crippen LogP contribution < -0.4 is 4.90 Å². The van der Waals surface area contributed by atoms with Crippen molar-refractivity contribution in [2.45, 2.75) is 0 Å². The highest BCUT2D eigenvalue weighted by atomic mass is 15.1. The monoisotopic (exact) mass is 764 g/mol. The van der Waals surface area contributed by atoms with E-state index in [1.54, 1.807) is 0 Å². The summed E-state index contributed by atoms with van der Waals surface area (Å²) in [5.74, 6) is 0. The van der Waals surface area contributed by atoms with Gasteiger partial charge in [-0.1, -0.05) is 182 Å². The largest absolute Gasteiger partial charge is 0.311 e. The van der Waals surface area contributed by atoms with Gasteiger partial charge in [0.25, 0.3) is 0 Å². The van der Waals surface area contributed by atoms with Gasteiger partial charge in [0.1, 0.15) is 0 Å². The van der Waals surface area contributed by atoms with Gasteiger partial charge >= 0.3 is 0 Å². The number of aromatic nitrogens is 1. The summed E-state index contributed by atoms with van der Waals surface area (Å²) in [6.45, 7) is 0. The van der Waals surface area contributed by atoms with E-state index in [9.17, 15) is 0 Å². The fourth-order valence-electron chi connectivity index (χ4n) is 8.92. The van der Waals surface area contributed by atoms with Crippen LogP contribution in [-0.2, 0) is 0 Å². The normalized spacial score (nSPS) is 11.3. The molecule has 10 aromatic carbocycles. The van der Waals surface area contributed by atoms with Crippen LogP contribution in [0.2, 0.25) is 0 Å². The van der Waals surface area contributed by atoms with E-state index in [0.717, 1.165) is 22.7 Å². The van der Waals surface area contributed by atoms with Gasteiger partial charge in [0, 0.05) is 33.5 Å². The maximum Gasteiger partial charge on any atom is 0.0541 e. The average molecular weight is 765 g/mol. The first-order valence-electron chi connectivity index (χ1n) is 20.6. The zero-order chi connectivity index (χ0) is 39.8. The highest BCUT2D eigenvalue weighted by Crippen LogP contribution is 2.40. The molecule has 60 heavy (non-hydrogen) atoms. The van der Waals surface area contributed by atoms with E-state index in [0.29, 0.717) is 0 Å². The Kier molecular flexibility index (Phi) is 8.87. The molecule has 0 aliphatic heterocycles. The molecule has 1 aromatic heterocycles.